The van der Waals surface area contributed by atoms with Gasteiger partial charge in [-0.2, -0.15) is 0 Å². The van der Waals surface area contributed by atoms with Crippen molar-refractivity contribution in [2.24, 2.45) is 5.73 Å². The number of nitrogens with one attached hydrogen (secondary N) is 1. The number of carboxylic acid groups (broad SMARTS) is 2. The number of ether oxygens (including phenoxy) is 2. The van der Waals surface area contributed by atoms with Crippen molar-refractivity contribution in [1.29, 1.82) is 0 Å². The van der Waals surface area contributed by atoms with Crippen molar-refractivity contribution in [3.63, 3.8) is 0 Å². The van der Waals surface area contributed by atoms with Crippen LogP contribution in [0.3, 0.4) is 0 Å². The number of nitrogens with two attached hydrogens (primary N) is 1. The smallest absolute Gasteiger partial charge is 0.409 e. The van der Waals surface area contributed by atoms with Gasteiger partial charge in [-0.3, -0.25) is 19.3 Å². The van der Waals surface area contributed by atoms with Crippen LogP contribution in [-0.2, 0) is 28.7 Å². The largest absolute Gasteiger partial charge is 0.480 e. The molecule has 0 radical (unpaired) electrons. The highest BCUT2D eigenvalue weighted by atomic mass is 32.2. The molecule has 0 bridgehead atoms. The first kappa shape index (κ1) is 25.4. The van der Waals surface area contributed by atoms with Crippen molar-refractivity contribution < 1.29 is 43.7 Å². The number of nitrogens with zero attached hydrogens (tertiary/aromatic N) is 2. The Morgan fingerprint density at radius 1 is 1.34 bits per heavy atom. The molecule has 1 fully saturated rings. The van der Waals surface area contributed by atoms with E-state index in [4.69, 9.17) is 20.3 Å². The number of carbonyl (C=O) groups is 5. The van der Waals surface area contributed by atoms with Gasteiger partial charge < -0.3 is 35.6 Å². The Morgan fingerprint density at radius 3 is 2.53 bits per heavy atom. The summed E-state index contributed by atoms with van der Waals surface area (Å²) in [5.41, 5.74) is 3.56. The Hall–Kier alpha value is -2.84. The molecule has 0 aromatic carbocycles. The van der Waals surface area contributed by atoms with Crippen LogP contribution in [0.25, 0.3) is 0 Å². The van der Waals surface area contributed by atoms with Crippen LogP contribution in [0.4, 0.5) is 4.79 Å². The highest BCUT2D eigenvalue weighted by molar-refractivity contribution is 8.00. The maximum atomic E-state index is 12.9. The summed E-state index contributed by atoms with van der Waals surface area (Å²) in [6.07, 6.45) is -0.506. The summed E-state index contributed by atoms with van der Waals surface area (Å²) in [4.78, 5) is 61.7. The molecule has 3 amide bonds. The summed E-state index contributed by atoms with van der Waals surface area (Å²) in [7, 11) is 4.17. The minimum atomic E-state index is -1.76. The standard InChI is InChI=1S/C18H26N4O9S/c1-21(2)17(29)31-7-9-8-32-16-18(30-3,15(28)22(16)12(9)14(26)27)20-11(23)6-4-5-10(19)13(24)25/h10,16H,4-8,19H2,1-3H3,(H,20,23)(H,24,25)(H,26,27)/t10?,16-,18-/m0/s1. The molecular formula is C18H26N4O9S. The van der Waals surface area contributed by atoms with E-state index < -0.39 is 47.0 Å². The summed E-state index contributed by atoms with van der Waals surface area (Å²) >= 11 is 1.15. The van der Waals surface area contributed by atoms with Gasteiger partial charge in [0.15, 0.2) is 0 Å². The van der Waals surface area contributed by atoms with Crippen molar-refractivity contribution in [2.75, 3.05) is 33.6 Å². The number of aliphatic carboxylic acids is 2. The number of β-lactam (4-membered cyclic amide) rings is 1. The normalized spacial score (nSPS) is 23.1. The van der Waals surface area contributed by atoms with Gasteiger partial charge in [0, 0.05) is 39.0 Å². The lowest BCUT2D eigenvalue weighted by Gasteiger charge is -2.55. The number of carboxylic acids is 2. The Kier molecular flexibility index (Phi) is 8.09. The molecule has 0 spiro atoms. The number of methoxy groups -OCH3 is 1. The Labute approximate surface area is 187 Å². The molecule has 2 rings (SSSR count). The summed E-state index contributed by atoms with van der Waals surface area (Å²) in [5.74, 6) is -3.77. The fourth-order valence-electron chi connectivity index (χ4n) is 3.21. The third kappa shape index (κ3) is 4.97. The predicted octanol–water partition coefficient (Wildman–Crippen LogP) is -1.02. The third-order valence-electron chi connectivity index (χ3n) is 4.93. The Bertz CT molecular complexity index is 846. The first-order valence-electron chi connectivity index (χ1n) is 9.55. The van der Waals surface area contributed by atoms with E-state index in [-0.39, 0.29) is 42.9 Å². The van der Waals surface area contributed by atoms with Crippen molar-refractivity contribution in [2.45, 2.75) is 36.4 Å². The van der Waals surface area contributed by atoms with Gasteiger partial charge in [-0.15, -0.1) is 11.8 Å². The highest BCUT2D eigenvalue weighted by Gasteiger charge is 2.66. The van der Waals surface area contributed by atoms with Crippen LogP contribution in [0.2, 0.25) is 0 Å². The van der Waals surface area contributed by atoms with Crippen molar-refractivity contribution in [3.8, 4) is 0 Å². The summed E-state index contributed by atoms with van der Waals surface area (Å²) < 4.78 is 10.4. The lowest BCUT2D eigenvalue weighted by molar-refractivity contribution is -0.192. The molecule has 13 nitrogen and oxygen atoms in total. The molecule has 2 heterocycles. The van der Waals surface area contributed by atoms with E-state index in [0.717, 1.165) is 16.7 Å². The Morgan fingerprint density at radius 2 is 2.00 bits per heavy atom. The van der Waals surface area contributed by atoms with E-state index >= 15 is 0 Å². The highest BCUT2D eigenvalue weighted by Crippen LogP contribution is 2.46. The zero-order chi connectivity index (χ0) is 24.2. The molecular weight excluding hydrogens is 448 g/mol. The minimum absolute atomic E-state index is 0.0713. The zero-order valence-electron chi connectivity index (χ0n) is 17.8. The topological polar surface area (TPSA) is 189 Å². The average Bonchev–Trinajstić information content (AvgIpc) is 2.74. The van der Waals surface area contributed by atoms with E-state index in [1.54, 1.807) is 0 Å². The number of carbonyl (C=O) groups excluding carboxylic acids is 3. The van der Waals surface area contributed by atoms with E-state index in [0.29, 0.717) is 0 Å². The summed E-state index contributed by atoms with van der Waals surface area (Å²) in [6.45, 7) is -0.307. The van der Waals surface area contributed by atoms with E-state index in [9.17, 15) is 29.1 Å². The van der Waals surface area contributed by atoms with Crippen LogP contribution < -0.4 is 11.1 Å². The van der Waals surface area contributed by atoms with Crippen LogP contribution >= 0.6 is 11.8 Å². The molecule has 32 heavy (non-hydrogen) atoms. The number of amides is 3. The van der Waals surface area contributed by atoms with Gasteiger partial charge in [0.05, 0.1) is 0 Å². The number of rotatable bonds is 10. The second kappa shape index (κ2) is 10.2. The van der Waals surface area contributed by atoms with Gasteiger partial charge in [-0.05, 0) is 12.8 Å². The third-order valence-corrected chi connectivity index (χ3v) is 6.30. The van der Waals surface area contributed by atoms with Crippen LogP contribution in [0.1, 0.15) is 19.3 Å². The maximum Gasteiger partial charge on any atom is 0.409 e. The fourth-order valence-corrected chi connectivity index (χ4v) is 4.63. The first-order valence-corrected chi connectivity index (χ1v) is 10.6. The molecule has 2 aliphatic rings. The van der Waals surface area contributed by atoms with E-state index in [1.807, 2.05) is 0 Å². The molecule has 2 aliphatic heterocycles. The zero-order valence-corrected chi connectivity index (χ0v) is 18.6. The second-order valence-corrected chi connectivity index (χ2v) is 8.44. The van der Waals surface area contributed by atoms with Crippen molar-refractivity contribution in [3.05, 3.63) is 11.3 Å². The van der Waals surface area contributed by atoms with Gasteiger partial charge in [0.1, 0.15) is 23.7 Å². The number of thioether (sulfide) groups is 1. The van der Waals surface area contributed by atoms with Crippen molar-refractivity contribution in [1.82, 2.24) is 15.1 Å². The minimum Gasteiger partial charge on any atom is -0.480 e. The van der Waals surface area contributed by atoms with Crippen LogP contribution in [0.15, 0.2) is 11.3 Å². The monoisotopic (exact) mass is 474 g/mol. The molecule has 0 aromatic heterocycles. The quantitative estimate of drug-likeness (QED) is 0.224. The summed E-state index contributed by atoms with van der Waals surface area (Å²) in [5, 5.41) is 20.1. The van der Waals surface area contributed by atoms with Gasteiger partial charge in [0.25, 0.3) is 11.6 Å². The van der Waals surface area contributed by atoms with Crippen LogP contribution in [0.5, 0.6) is 0 Å². The van der Waals surface area contributed by atoms with Gasteiger partial charge in [0.2, 0.25) is 5.91 Å². The molecule has 0 aliphatic carbocycles. The fraction of sp³-hybridized carbons (Fsp3) is 0.611. The van der Waals surface area contributed by atoms with Gasteiger partial charge >= 0.3 is 18.0 Å². The molecule has 1 unspecified atom stereocenters. The lowest BCUT2D eigenvalue weighted by atomic mass is 9.97. The SMILES string of the molecule is CO[C@@]1(NC(=O)CCCC(N)C(=O)O)C(=O)N2C(C(=O)O)=C(COC(=O)N(C)C)CS[C@H]21. The van der Waals surface area contributed by atoms with Crippen LogP contribution in [-0.4, -0.2) is 101 Å². The first-order chi connectivity index (χ1) is 15.0. The summed E-state index contributed by atoms with van der Waals surface area (Å²) in [6, 6.07) is -1.10. The molecule has 0 saturated carbocycles. The molecule has 1 saturated heterocycles. The van der Waals surface area contributed by atoms with E-state index in [1.165, 1.54) is 26.1 Å². The van der Waals surface area contributed by atoms with Crippen molar-refractivity contribution >= 4 is 41.6 Å². The van der Waals surface area contributed by atoms with Gasteiger partial charge in [-0.25, -0.2) is 9.59 Å². The number of fused-ring (bicyclic) bond motifs is 1. The number of hydrogen-bond donors (Lipinski definition) is 4. The average molecular weight is 474 g/mol. The second-order valence-electron chi connectivity index (χ2n) is 7.37. The number of hydrogen-bond acceptors (Lipinski definition) is 9. The predicted molar refractivity (Wildman–Crippen MR) is 110 cm³/mol. The molecule has 14 heteroatoms. The molecule has 0 aromatic rings. The molecule has 178 valence electrons. The van der Waals surface area contributed by atoms with Gasteiger partial charge in [-0.1, -0.05) is 0 Å². The maximum absolute atomic E-state index is 12.9. The van der Waals surface area contributed by atoms with Crippen LogP contribution in [0, 0.1) is 0 Å². The lowest BCUT2D eigenvalue weighted by Crippen LogP contribution is -2.80. The Balaban J connectivity index is 2.11. The molecule has 3 atom stereocenters. The molecule has 5 N–H and O–H groups in total. The van der Waals surface area contributed by atoms with E-state index in [2.05, 4.69) is 5.32 Å².